The molecule has 2 fully saturated rings. The van der Waals surface area contributed by atoms with E-state index < -0.39 is 0 Å². The Morgan fingerprint density at radius 2 is 2.00 bits per heavy atom. The van der Waals surface area contributed by atoms with Crippen molar-refractivity contribution in [2.45, 2.75) is 44.7 Å². The Balaban J connectivity index is 1.43. The Morgan fingerprint density at radius 3 is 2.66 bits per heavy atom. The van der Waals surface area contributed by atoms with Crippen LogP contribution in [-0.2, 0) is 6.54 Å². The van der Waals surface area contributed by atoms with Crippen molar-refractivity contribution in [3.8, 4) is 11.5 Å². The maximum atomic E-state index is 13.9. The average Bonchev–Trinajstić information content (AvgIpc) is 3.02. The second kappa shape index (κ2) is 10.6. The number of benzene rings is 1. The molecule has 0 unspecified atom stereocenters. The van der Waals surface area contributed by atoms with E-state index in [4.69, 9.17) is 14.6 Å². The minimum Gasteiger partial charge on any atom is -0.497 e. The Bertz CT molecular complexity index is 1260. The molecule has 4 aliphatic rings. The number of fused-ring (bicyclic) bond motifs is 3. The summed E-state index contributed by atoms with van der Waals surface area (Å²) >= 11 is 0.971. The van der Waals surface area contributed by atoms with E-state index in [-0.39, 0.29) is 17.5 Å². The van der Waals surface area contributed by atoms with Crippen molar-refractivity contribution in [3.63, 3.8) is 0 Å². The summed E-state index contributed by atoms with van der Waals surface area (Å²) in [6.45, 7) is 12.1. The highest BCUT2D eigenvalue weighted by Gasteiger charge is 2.54. The SMILES string of the molecule is C=C1C=CC=C(CN2CCC3(CC2)C2=C[C@H](C)c4c(cc(OC)cc4OC)CN2C(=O)N3CC)C1=NSN. The van der Waals surface area contributed by atoms with Crippen molar-refractivity contribution in [2.75, 3.05) is 40.4 Å². The van der Waals surface area contributed by atoms with Gasteiger partial charge in [0, 0.05) is 49.4 Å². The largest absolute Gasteiger partial charge is 0.497 e. The minimum atomic E-state index is -0.315. The molecule has 3 aliphatic heterocycles. The van der Waals surface area contributed by atoms with E-state index in [1.807, 2.05) is 29.2 Å². The van der Waals surface area contributed by atoms with Gasteiger partial charge in [-0.15, -0.1) is 0 Å². The van der Waals surface area contributed by atoms with Gasteiger partial charge in [-0.25, -0.2) is 4.79 Å². The van der Waals surface area contributed by atoms with Gasteiger partial charge in [0.15, 0.2) is 0 Å². The van der Waals surface area contributed by atoms with Crippen LogP contribution in [0.2, 0.25) is 0 Å². The topological polar surface area (TPSA) is 83.6 Å². The molecule has 202 valence electrons. The fraction of sp³-hybridized carbons (Fsp3) is 0.448. The van der Waals surface area contributed by atoms with E-state index >= 15 is 0 Å². The van der Waals surface area contributed by atoms with Gasteiger partial charge in [-0.2, -0.15) is 4.40 Å². The first-order valence-electron chi connectivity index (χ1n) is 13.2. The molecule has 1 aromatic rings. The smallest absolute Gasteiger partial charge is 0.325 e. The summed E-state index contributed by atoms with van der Waals surface area (Å²) < 4.78 is 15.7. The van der Waals surface area contributed by atoms with Gasteiger partial charge in [-0.05, 0) is 42.5 Å². The number of nitrogens with two attached hydrogens (primary N) is 1. The summed E-state index contributed by atoms with van der Waals surface area (Å²) in [5.74, 6) is 1.64. The van der Waals surface area contributed by atoms with E-state index in [0.717, 1.165) is 89.8 Å². The molecule has 2 amide bonds. The summed E-state index contributed by atoms with van der Waals surface area (Å²) in [5.41, 5.74) is 5.88. The Morgan fingerprint density at radius 1 is 1.24 bits per heavy atom. The van der Waals surface area contributed by atoms with Gasteiger partial charge >= 0.3 is 6.03 Å². The lowest BCUT2D eigenvalue weighted by Crippen LogP contribution is -2.54. The molecule has 2 saturated heterocycles. The third kappa shape index (κ3) is 4.36. The molecule has 1 atom stereocenters. The molecule has 38 heavy (non-hydrogen) atoms. The normalized spacial score (nSPS) is 23.8. The number of hydrogen-bond donors (Lipinski definition) is 1. The number of nitrogens with zero attached hydrogens (tertiary/aromatic N) is 4. The molecule has 0 bridgehead atoms. The van der Waals surface area contributed by atoms with Gasteiger partial charge in [-0.3, -0.25) is 14.9 Å². The molecule has 9 heteroatoms. The van der Waals surface area contributed by atoms with Crippen molar-refractivity contribution >= 4 is 23.9 Å². The number of hydrogen-bond acceptors (Lipinski definition) is 7. The monoisotopic (exact) mass is 535 g/mol. The molecule has 3 heterocycles. The van der Waals surface area contributed by atoms with Crippen molar-refractivity contribution in [2.24, 2.45) is 9.54 Å². The second-order valence-electron chi connectivity index (χ2n) is 10.3. The van der Waals surface area contributed by atoms with Crippen LogP contribution < -0.4 is 14.6 Å². The number of carbonyl (C=O) groups is 1. The van der Waals surface area contributed by atoms with Crippen molar-refractivity contribution in [3.05, 3.63) is 71.0 Å². The molecule has 1 aromatic carbocycles. The van der Waals surface area contributed by atoms with Crippen molar-refractivity contribution in [1.29, 1.82) is 0 Å². The third-order valence-corrected chi connectivity index (χ3v) is 8.62. The highest BCUT2D eigenvalue weighted by atomic mass is 32.2. The van der Waals surface area contributed by atoms with Crippen LogP contribution in [0.5, 0.6) is 11.5 Å². The number of allylic oxidation sites excluding steroid dienone is 5. The van der Waals surface area contributed by atoms with Gasteiger partial charge in [0.25, 0.3) is 0 Å². The van der Waals surface area contributed by atoms with Crippen LogP contribution in [0.3, 0.4) is 0 Å². The molecule has 8 nitrogen and oxygen atoms in total. The molecular formula is C29H37N5O3S. The van der Waals surface area contributed by atoms with Gasteiger partial charge in [0.2, 0.25) is 0 Å². The molecule has 1 spiro atoms. The minimum absolute atomic E-state index is 0.0832. The summed E-state index contributed by atoms with van der Waals surface area (Å²) in [7, 11) is 3.35. The summed E-state index contributed by atoms with van der Waals surface area (Å²) in [5, 5.41) is 5.65. The lowest BCUT2D eigenvalue weighted by Gasteiger charge is -2.44. The van der Waals surface area contributed by atoms with Crippen LogP contribution in [0.4, 0.5) is 4.79 Å². The standard InChI is InChI=1S/C29H37N5O3S/c1-6-34-28(35)33-18-22-15-23(36-4)16-24(37-5)26(22)20(3)14-25(33)29(34)10-12-32(13-11-29)17-21-9-7-8-19(2)27(21)31-38-30/h7-9,14-16,20H,2,6,10-13,17-18,30H2,1,3-5H3/t20-/m0/s1. The van der Waals surface area contributed by atoms with Crippen LogP contribution >= 0.6 is 12.1 Å². The number of piperidine rings is 1. The van der Waals surface area contributed by atoms with E-state index in [0.29, 0.717) is 13.1 Å². The molecular weight excluding hydrogens is 498 g/mol. The Kier molecular flexibility index (Phi) is 7.44. The number of likely N-dealkylation sites (N-methyl/N-ethyl adjacent to an activating group) is 1. The lowest BCUT2D eigenvalue weighted by atomic mass is 9.81. The fourth-order valence-electron chi connectivity index (χ4n) is 6.53. The molecule has 0 radical (unpaired) electrons. The molecule has 5 rings (SSSR count). The highest BCUT2D eigenvalue weighted by Crippen LogP contribution is 2.49. The number of carbonyl (C=O) groups excluding carboxylic acids is 1. The summed E-state index contributed by atoms with van der Waals surface area (Å²) in [6.07, 6.45) is 10.1. The van der Waals surface area contributed by atoms with E-state index in [1.54, 1.807) is 14.2 Å². The van der Waals surface area contributed by atoms with E-state index in [2.05, 4.69) is 46.8 Å². The Hall–Kier alpha value is -3.01. The molecule has 0 saturated carbocycles. The summed E-state index contributed by atoms with van der Waals surface area (Å²) in [6, 6.07) is 4.06. The molecule has 0 aromatic heterocycles. The molecule has 1 aliphatic carbocycles. The zero-order chi connectivity index (χ0) is 27.0. The van der Waals surface area contributed by atoms with Crippen LogP contribution in [0, 0.1) is 0 Å². The first-order chi connectivity index (χ1) is 18.4. The van der Waals surface area contributed by atoms with Gasteiger partial charge in [0.1, 0.15) is 11.5 Å². The average molecular weight is 536 g/mol. The van der Waals surface area contributed by atoms with Crippen LogP contribution in [0.25, 0.3) is 0 Å². The Labute approximate surface area is 229 Å². The van der Waals surface area contributed by atoms with Crippen LogP contribution in [-0.4, -0.2) is 72.4 Å². The predicted octanol–water partition coefficient (Wildman–Crippen LogP) is 4.81. The lowest BCUT2D eigenvalue weighted by molar-refractivity contribution is 0.0973. The number of amides is 2. The van der Waals surface area contributed by atoms with Gasteiger partial charge < -0.3 is 14.4 Å². The number of urea groups is 1. The van der Waals surface area contributed by atoms with E-state index in [9.17, 15) is 4.79 Å². The second-order valence-corrected chi connectivity index (χ2v) is 10.7. The highest BCUT2D eigenvalue weighted by molar-refractivity contribution is 7.95. The fourth-order valence-corrected chi connectivity index (χ4v) is 6.87. The first-order valence-corrected chi connectivity index (χ1v) is 14.0. The first kappa shape index (κ1) is 26.6. The molecule has 2 N–H and O–H groups in total. The summed E-state index contributed by atoms with van der Waals surface area (Å²) in [4.78, 5) is 20.4. The van der Waals surface area contributed by atoms with Crippen LogP contribution in [0.15, 0.2) is 64.3 Å². The van der Waals surface area contributed by atoms with Crippen molar-refractivity contribution in [1.82, 2.24) is 14.7 Å². The van der Waals surface area contributed by atoms with Crippen LogP contribution in [0.1, 0.15) is 43.7 Å². The quantitative estimate of drug-likeness (QED) is 0.527. The zero-order valence-electron chi connectivity index (χ0n) is 22.7. The van der Waals surface area contributed by atoms with E-state index in [1.165, 1.54) is 0 Å². The predicted molar refractivity (Wildman–Crippen MR) is 153 cm³/mol. The number of methoxy groups -OCH3 is 2. The number of likely N-dealkylation sites (tertiary alicyclic amines) is 1. The van der Waals surface area contributed by atoms with Gasteiger partial charge in [-0.1, -0.05) is 37.8 Å². The number of rotatable bonds is 6. The zero-order valence-corrected chi connectivity index (χ0v) is 23.5. The number of ether oxygens (including phenoxy) is 2. The maximum absolute atomic E-state index is 13.9. The maximum Gasteiger partial charge on any atom is 0.325 e. The third-order valence-electron chi connectivity index (χ3n) is 8.34. The van der Waals surface area contributed by atoms with Crippen molar-refractivity contribution < 1.29 is 14.3 Å². The van der Waals surface area contributed by atoms with Gasteiger partial charge in [0.05, 0.1) is 44.1 Å².